The van der Waals surface area contributed by atoms with Crippen LogP contribution in [-0.2, 0) is 5.41 Å². The SMILES string of the molecule is O=c1c2c(-c3ccccc3)cccc2n2n1B1c3cc4ccccc4cc3C3(c4ccccc4-c4ccccc43)c3cccc-2c31. The molecule has 8 aromatic rings. The number of fused-ring (bicyclic) bond motifs is 15. The summed E-state index contributed by atoms with van der Waals surface area (Å²) in [4.78, 5) is 14.9. The summed E-state index contributed by atoms with van der Waals surface area (Å²) in [5.74, 6) is 0. The third kappa shape index (κ3) is 2.72. The molecule has 0 radical (unpaired) electrons. The molecule has 0 saturated carbocycles. The maximum atomic E-state index is 14.9. The molecule has 1 aliphatic carbocycles. The van der Waals surface area contributed by atoms with Gasteiger partial charge >= 0.3 is 6.85 Å². The topological polar surface area (TPSA) is 26.9 Å². The minimum absolute atomic E-state index is 0.0453. The average molecular weight is 584 g/mol. The molecule has 3 aliphatic rings. The zero-order chi connectivity index (χ0) is 30.1. The Bertz CT molecular complexity index is 2640. The molecule has 1 spiro atoms. The molecule has 7 aromatic carbocycles. The first-order chi connectivity index (χ1) is 22.8. The highest BCUT2D eigenvalue weighted by molar-refractivity contribution is 6.87. The summed E-state index contributed by atoms with van der Waals surface area (Å²) in [6, 6.07) is 54.5. The van der Waals surface area contributed by atoms with E-state index in [1.54, 1.807) is 0 Å². The van der Waals surface area contributed by atoms with E-state index < -0.39 is 5.41 Å². The molecular weight excluding hydrogens is 559 g/mol. The van der Waals surface area contributed by atoms with Crippen LogP contribution in [0.2, 0.25) is 0 Å². The third-order valence-electron chi connectivity index (χ3n) is 10.8. The van der Waals surface area contributed by atoms with Crippen LogP contribution < -0.4 is 16.5 Å². The van der Waals surface area contributed by atoms with E-state index in [0.717, 1.165) is 27.7 Å². The highest BCUT2D eigenvalue weighted by atomic mass is 16.1. The van der Waals surface area contributed by atoms with Crippen LogP contribution in [0.25, 0.3) is 49.6 Å². The van der Waals surface area contributed by atoms with Crippen molar-refractivity contribution in [1.82, 2.24) is 9.27 Å². The van der Waals surface area contributed by atoms with Gasteiger partial charge in [-0.2, -0.15) is 0 Å². The van der Waals surface area contributed by atoms with Crippen molar-refractivity contribution in [2.45, 2.75) is 5.41 Å². The number of nitrogens with zero attached hydrogens (tertiary/aromatic N) is 2. The van der Waals surface area contributed by atoms with Crippen molar-refractivity contribution in [1.29, 1.82) is 0 Å². The fourth-order valence-electron chi connectivity index (χ4n) is 9.13. The van der Waals surface area contributed by atoms with Gasteiger partial charge in [0, 0.05) is 0 Å². The molecule has 46 heavy (non-hydrogen) atoms. The van der Waals surface area contributed by atoms with E-state index in [1.807, 2.05) is 22.8 Å². The Morgan fingerprint density at radius 3 is 1.89 bits per heavy atom. The van der Waals surface area contributed by atoms with E-state index in [-0.39, 0.29) is 12.4 Å². The van der Waals surface area contributed by atoms with Crippen LogP contribution >= 0.6 is 0 Å². The largest absolute Gasteiger partial charge is 0.354 e. The normalized spacial score (nSPS) is 14.3. The Kier molecular flexibility index (Phi) is 4.49. The first-order valence-electron chi connectivity index (χ1n) is 15.9. The van der Waals surface area contributed by atoms with E-state index in [2.05, 4.69) is 138 Å². The molecule has 0 saturated heterocycles. The summed E-state index contributed by atoms with van der Waals surface area (Å²) in [6.45, 7) is -0.250. The van der Waals surface area contributed by atoms with Crippen LogP contribution in [0, 0.1) is 0 Å². The van der Waals surface area contributed by atoms with Gasteiger partial charge in [-0.15, -0.1) is 0 Å². The zero-order valence-corrected chi connectivity index (χ0v) is 24.8. The van der Waals surface area contributed by atoms with E-state index in [9.17, 15) is 4.79 Å². The molecule has 212 valence electrons. The van der Waals surface area contributed by atoms with Crippen molar-refractivity contribution in [3.05, 3.63) is 184 Å². The molecule has 3 heterocycles. The van der Waals surface area contributed by atoms with Gasteiger partial charge in [0.1, 0.15) is 0 Å². The number of hydrogen-bond acceptors (Lipinski definition) is 1. The van der Waals surface area contributed by atoms with Gasteiger partial charge in [0.2, 0.25) is 0 Å². The van der Waals surface area contributed by atoms with Crippen LogP contribution in [0.5, 0.6) is 0 Å². The van der Waals surface area contributed by atoms with Crippen molar-refractivity contribution < 1.29 is 0 Å². The predicted molar refractivity (Wildman–Crippen MR) is 188 cm³/mol. The van der Waals surface area contributed by atoms with Crippen LogP contribution in [0.3, 0.4) is 0 Å². The van der Waals surface area contributed by atoms with Gasteiger partial charge in [0.15, 0.2) is 0 Å². The van der Waals surface area contributed by atoms with Crippen LogP contribution in [-0.4, -0.2) is 16.1 Å². The Balaban J connectivity index is 1.34. The minimum Gasteiger partial charge on any atom is -0.281 e. The minimum atomic E-state index is -0.507. The highest BCUT2D eigenvalue weighted by Crippen LogP contribution is 2.57. The summed E-state index contributed by atoms with van der Waals surface area (Å²) in [6.07, 6.45) is 0. The monoisotopic (exact) mass is 584 g/mol. The zero-order valence-electron chi connectivity index (χ0n) is 24.8. The van der Waals surface area contributed by atoms with Gasteiger partial charge in [-0.1, -0.05) is 140 Å². The Morgan fingerprint density at radius 1 is 0.522 bits per heavy atom. The van der Waals surface area contributed by atoms with E-state index in [4.69, 9.17) is 0 Å². The second kappa shape index (κ2) is 8.44. The summed E-state index contributed by atoms with van der Waals surface area (Å²) in [7, 11) is 0. The fourth-order valence-corrected chi connectivity index (χ4v) is 9.13. The van der Waals surface area contributed by atoms with E-state index >= 15 is 0 Å². The van der Waals surface area contributed by atoms with Gasteiger partial charge in [0.05, 0.1) is 22.0 Å². The standard InChI is InChI=1S/C42H25BN2O/c46-41-39-29(26-12-2-1-3-13-26)18-10-22-37(39)44-38-23-11-21-34-40(38)43(45(41)44)36-25-28-15-5-4-14-27(28)24-35(36)42(34)32-19-8-6-16-30(32)31-17-7-9-20-33(31)42/h1-25H. The van der Waals surface area contributed by atoms with E-state index in [1.165, 1.54) is 55.1 Å². The highest BCUT2D eigenvalue weighted by Gasteiger charge is 2.56. The maximum Gasteiger partial charge on any atom is 0.354 e. The molecule has 0 amide bonds. The van der Waals surface area contributed by atoms with Gasteiger partial charge in [-0.25, -0.2) is 0 Å². The second-order valence-electron chi connectivity index (χ2n) is 12.8. The summed E-state index contributed by atoms with van der Waals surface area (Å²) in [5.41, 5.74) is 13.7. The van der Waals surface area contributed by atoms with Crippen molar-refractivity contribution in [3.8, 4) is 27.9 Å². The Labute approximate surface area is 265 Å². The fraction of sp³-hybridized carbons (Fsp3) is 0.0238. The number of rotatable bonds is 1. The molecule has 0 bridgehead atoms. The number of aromatic nitrogens is 2. The van der Waals surface area contributed by atoms with Crippen molar-refractivity contribution in [2.24, 2.45) is 0 Å². The van der Waals surface area contributed by atoms with Gasteiger partial charge in [-0.05, 0) is 78.3 Å². The molecule has 0 N–H and O–H groups in total. The molecule has 1 aromatic heterocycles. The summed E-state index contributed by atoms with van der Waals surface area (Å²) >= 11 is 0. The third-order valence-corrected chi connectivity index (χ3v) is 10.8. The van der Waals surface area contributed by atoms with Crippen LogP contribution in [0.4, 0.5) is 0 Å². The van der Waals surface area contributed by atoms with Gasteiger partial charge < -0.3 is 0 Å². The number of benzene rings is 7. The predicted octanol–water partition coefficient (Wildman–Crippen LogP) is 7.26. The van der Waals surface area contributed by atoms with Crippen molar-refractivity contribution in [2.75, 3.05) is 0 Å². The lowest BCUT2D eigenvalue weighted by Gasteiger charge is -2.41. The molecule has 3 nitrogen and oxygen atoms in total. The molecule has 2 aliphatic heterocycles. The maximum absolute atomic E-state index is 14.9. The molecule has 4 heteroatoms. The lowest BCUT2D eigenvalue weighted by atomic mass is 9.40. The Morgan fingerprint density at radius 2 is 1.13 bits per heavy atom. The Hall–Kier alpha value is -5.87. The van der Waals surface area contributed by atoms with E-state index in [0.29, 0.717) is 0 Å². The average Bonchev–Trinajstić information content (AvgIpc) is 3.72. The first-order valence-corrected chi connectivity index (χ1v) is 15.9. The molecule has 0 atom stereocenters. The molecule has 0 unspecified atom stereocenters. The van der Waals surface area contributed by atoms with Gasteiger partial charge in [0.25, 0.3) is 5.56 Å². The van der Waals surface area contributed by atoms with Crippen LogP contribution in [0.1, 0.15) is 22.3 Å². The molecule has 0 fully saturated rings. The molecule has 11 rings (SSSR count). The molecular formula is C42H25BN2O. The van der Waals surface area contributed by atoms with Crippen molar-refractivity contribution >= 4 is 39.4 Å². The van der Waals surface area contributed by atoms with Crippen molar-refractivity contribution in [3.63, 3.8) is 0 Å². The lowest BCUT2D eigenvalue weighted by Crippen LogP contribution is -2.59. The number of hydrogen-bond donors (Lipinski definition) is 0. The summed E-state index contributed by atoms with van der Waals surface area (Å²) < 4.78 is 4.25. The first kappa shape index (κ1) is 24.5. The lowest BCUT2D eigenvalue weighted by molar-refractivity contribution is 0.775. The summed E-state index contributed by atoms with van der Waals surface area (Å²) in [5, 5.41) is 3.16. The quantitative estimate of drug-likeness (QED) is 0.187. The second-order valence-corrected chi connectivity index (χ2v) is 12.8. The van der Waals surface area contributed by atoms with Crippen LogP contribution in [0.15, 0.2) is 156 Å². The van der Waals surface area contributed by atoms with Gasteiger partial charge in [-0.3, -0.25) is 14.1 Å². The smallest absolute Gasteiger partial charge is 0.281 e.